The van der Waals surface area contributed by atoms with Crippen LogP contribution in [0.15, 0.2) is 47.5 Å². The third kappa shape index (κ3) is 5.45. The second kappa shape index (κ2) is 9.40. The Morgan fingerprint density at radius 2 is 1.72 bits per heavy atom. The van der Waals surface area contributed by atoms with Crippen LogP contribution in [0.25, 0.3) is 5.83 Å². The first-order valence-corrected chi connectivity index (χ1v) is 8.99. The Morgan fingerprint density at radius 1 is 0.960 bits per heavy atom. The van der Waals surface area contributed by atoms with E-state index in [4.69, 9.17) is 0 Å². The van der Waals surface area contributed by atoms with Crippen molar-refractivity contribution in [3.05, 3.63) is 58.6 Å². The van der Waals surface area contributed by atoms with Crippen LogP contribution in [-0.4, -0.2) is 10.2 Å². The van der Waals surface area contributed by atoms with Crippen molar-refractivity contribution in [1.29, 1.82) is 0 Å². The van der Waals surface area contributed by atoms with Crippen molar-refractivity contribution < 1.29 is 19.0 Å². The number of hydrogen-bond donors (Lipinski definition) is 2. The summed E-state index contributed by atoms with van der Waals surface area (Å²) in [5, 5.41) is 19.1. The zero-order valence-corrected chi connectivity index (χ0v) is 14.7. The van der Waals surface area contributed by atoms with Gasteiger partial charge in [0.2, 0.25) is 0 Å². The van der Waals surface area contributed by atoms with E-state index >= 15 is 0 Å². The van der Waals surface area contributed by atoms with Crippen LogP contribution in [-0.2, 0) is 6.42 Å². The van der Waals surface area contributed by atoms with Crippen LogP contribution in [0.3, 0.4) is 0 Å². The molecule has 0 aliphatic heterocycles. The van der Waals surface area contributed by atoms with Crippen LogP contribution in [0.2, 0.25) is 0 Å². The molecule has 2 nitrogen and oxygen atoms in total. The van der Waals surface area contributed by atoms with Gasteiger partial charge in [0.25, 0.3) is 0 Å². The second-order valence-electron chi connectivity index (χ2n) is 6.48. The van der Waals surface area contributed by atoms with Gasteiger partial charge in [0.05, 0.1) is 5.76 Å². The van der Waals surface area contributed by atoms with Crippen molar-refractivity contribution in [3.63, 3.8) is 0 Å². The molecular formula is C21H26F2O2. The van der Waals surface area contributed by atoms with Gasteiger partial charge in [0.1, 0.15) is 5.75 Å². The molecule has 1 aliphatic rings. The molecule has 2 rings (SSSR count). The normalized spacial score (nSPS) is 15.5. The molecule has 0 radical (unpaired) electrons. The first-order valence-electron chi connectivity index (χ1n) is 8.99. The van der Waals surface area contributed by atoms with E-state index in [1.807, 2.05) is 0 Å². The molecular weight excluding hydrogens is 322 g/mol. The minimum absolute atomic E-state index is 0.0604. The molecule has 0 amide bonds. The number of unbranched alkanes of at least 4 members (excludes halogenated alkanes) is 4. The van der Waals surface area contributed by atoms with Gasteiger partial charge in [-0.15, -0.1) is 0 Å². The summed E-state index contributed by atoms with van der Waals surface area (Å²) in [6.07, 6.45) is 9.36. The van der Waals surface area contributed by atoms with Crippen LogP contribution < -0.4 is 0 Å². The second-order valence-corrected chi connectivity index (χ2v) is 6.48. The molecule has 0 fully saturated rings. The van der Waals surface area contributed by atoms with Gasteiger partial charge < -0.3 is 10.2 Å². The average molecular weight is 348 g/mol. The maximum atomic E-state index is 14.7. The number of allylic oxidation sites excluding steroid dienone is 5. The van der Waals surface area contributed by atoms with E-state index in [2.05, 4.69) is 6.92 Å². The van der Waals surface area contributed by atoms with E-state index in [9.17, 15) is 19.0 Å². The molecule has 25 heavy (non-hydrogen) atoms. The van der Waals surface area contributed by atoms with Crippen molar-refractivity contribution >= 4 is 5.83 Å². The molecule has 0 saturated carbocycles. The fourth-order valence-electron chi connectivity index (χ4n) is 2.99. The fourth-order valence-corrected chi connectivity index (χ4v) is 2.99. The maximum absolute atomic E-state index is 14.7. The largest absolute Gasteiger partial charge is 0.512 e. The summed E-state index contributed by atoms with van der Waals surface area (Å²) < 4.78 is 29.3. The van der Waals surface area contributed by atoms with Gasteiger partial charge >= 0.3 is 0 Å². The molecule has 1 aromatic carbocycles. The summed E-state index contributed by atoms with van der Waals surface area (Å²) in [4.78, 5) is 0. The van der Waals surface area contributed by atoms with Gasteiger partial charge in [0, 0.05) is 12.0 Å². The van der Waals surface area contributed by atoms with E-state index < -0.39 is 11.7 Å². The fraction of sp³-hybridized carbons (Fsp3) is 0.429. The Morgan fingerprint density at radius 3 is 2.40 bits per heavy atom. The summed E-state index contributed by atoms with van der Waals surface area (Å²) in [5.41, 5.74) is 1.07. The number of aromatic hydroxyl groups is 1. The number of aliphatic hydroxyl groups is 1. The molecule has 1 aliphatic carbocycles. The zero-order chi connectivity index (χ0) is 18.2. The van der Waals surface area contributed by atoms with Gasteiger partial charge in [-0.2, -0.15) is 0 Å². The van der Waals surface area contributed by atoms with Crippen molar-refractivity contribution in [3.8, 4) is 5.75 Å². The van der Waals surface area contributed by atoms with Crippen LogP contribution in [0.4, 0.5) is 8.78 Å². The molecule has 0 spiro atoms. The SMILES string of the molecule is CCCCCCCc1cc(O)ccc1/C(F)=C(\F)C1=CC=C(O)CC1. The average Bonchev–Trinajstić information content (AvgIpc) is 2.61. The lowest BCUT2D eigenvalue weighted by molar-refractivity contribution is 0.385. The smallest absolute Gasteiger partial charge is 0.166 e. The molecule has 0 heterocycles. The standard InChI is InChI=1S/C21H26F2O2/c1-2-3-4-5-6-7-16-14-18(25)12-13-19(16)21(23)20(22)15-8-10-17(24)11-9-15/h8,10,12-14,24-25H,2-7,9,11H2,1H3/b21-20+. The summed E-state index contributed by atoms with van der Waals surface area (Å²) in [7, 11) is 0. The summed E-state index contributed by atoms with van der Waals surface area (Å²) in [6, 6.07) is 4.33. The summed E-state index contributed by atoms with van der Waals surface area (Å²) in [5.74, 6) is -1.55. The van der Waals surface area contributed by atoms with E-state index in [-0.39, 0.29) is 29.1 Å². The lowest BCUT2D eigenvalue weighted by atomic mass is 9.96. The molecule has 0 bridgehead atoms. The molecule has 4 heteroatoms. The van der Waals surface area contributed by atoms with Crippen molar-refractivity contribution in [2.24, 2.45) is 0 Å². The summed E-state index contributed by atoms with van der Waals surface area (Å²) >= 11 is 0. The number of hydrogen-bond acceptors (Lipinski definition) is 2. The van der Waals surface area contributed by atoms with Crippen LogP contribution in [0.5, 0.6) is 5.75 Å². The first kappa shape index (κ1) is 19.2. The molecule has 0 atom stereocenters. The highest BCUT2D eigenvalue weighted by Crippen LogP contribution is 2.34. The monoisotopic (exact) mass is 348 g/mol. The highest BCUT2D eigenvalue weighted by atomic mass is 19.2. The Bertz CT molecular complexity index is 687. The maximum Gasteiger partial charge on any atom is 0.166 e. The number of rotatable bonds is 8. The van der Waals surface area contributed by atoms with E-state index in [0.29, 0.717) is 18.4 Å². The van der Waals surface area contributed by atoms with Crippen molar-refractivity contribution in [2.45, 2.75) is 58.3 Å². The highest BCUT2D eigenvalue weighted by Gasteiger charge is 2.18. The van der Waals surface area contributed by atoms with E-state index in [1.54, 1.807) is 0 Å². The predicted octanol–water partition coefficient (Wildman–Crippen LogP) is 6.67. The van der Waals surface area contributed by atoms with Gasteiger partial charge in [-0.3, -0.25) is 0 Å². The Hall–Kier alpha value is -2.10. The number of phenols is 1. The highest BCUT2D eigenvalue weighted by molar-refractivity contribution is 5.68. The number of aliphatic hydroxyl groups excluding tert-OH is 1. The number of halogens is 2. The minimum atomic E-state index is -0.899. The molecule has 1 aromatic rings. The van der Waals surface area contributed by atoms with Gasteiger partial charge in [-0.05, 0) is 54.7 Å². The van der Waals surface area contributed by atoms with Crippen LogP contribution >= 0.6 is 0 Å². The van der Waals surface area contributed by atoms with Gasteiger partial charge in [-0.25, -0.2) is 8.78 Å². The number of phenolic OH excluding ortho intramolecular Hbond substituents is 1. The van der Waals surface area contributed by atoms with Crippen molar-refractivity contribution in [2.75, 3.05) is 0 Å². The molecule has 0 aromatic heterocycles. The quantitative estimate of drug-likeness (QED) is 0.515. The zero-order valence-electron chi connectivity index (χ0n) is 14.7. The summed E-state index contributed by atoms with van der Waals surface area (Å²) in [6.45, 7) is 2.14. The van der Waals surface area contributed by atoms with E-state index in [0.717, 1.165) is 25.7 Å². The lowest BCUT2D eigenvalue weighted by Gasteiger charge is -2.13. The predicted molar refractivity (Wildman–Crippen MR) is 97.7 cm³/mol. The Balaban J connectivity index is 2.20. The Kier molecular flexibility index (Phi) is 7.23. The first-order chi connectivity index (χ1) is 12.0. The lowest BCUT2D eigenvalue weighted by Crippen LogP contribution is -1.98. The molecule has 136 valence electrons. The van der Waals surface area contributed by atoms with Gasteiger partial charge in [0.15, 0.2) is 11.7 Å². The Labute approximate surface area is 148 Å². The molecule has 2 N–H and O–H groups in total. The van der Waals surface area contributed by atoms with Crippen LogP contribution in [0.1, 0.15) is 63.0 Å². The third-order valence-electron chi connectivity index (χ3n) is 4.48. The van der Waals surface area contributed by atoms with Crippen molar-refractivity contribution in [1.82, 2.24) is 0 Å². The molecule has 0 unspecified atom stereocenters. The van der Waals surface area contributed by atoms with E-state index in [1.165, 1.54) is 36.8 Å². The third-order valence-corrected chi connectivity index (χ3v) is 4.48. The van der Waals surface area contributed by atoms with Crippen LogP contribution in [0, 0.1) is 0 Å². The van der Waals surface area contributed by atoms with Gasteiger partial charge in [-0.1, -0.05) is 38.7 Å². The number of benzene rings is 1. The molecule has 0 saturated heterocycles. The topological polar surface area (TPSA) is 40.5 Å². The number of aryl methyl sites for hydroxylation is 1. The minimum Gasteiger partial charge on any atom is -0.512 e.